The maximum Gasteiger partial charge on any atom is 0.165 e. The van der Waals surface area contributed by atoms with Crippen molar-refractivity contribution in [1.29, 1.82) is 0 Å². The zero-order valence-corrected chi connectivity index (χ0v) is 18.1. The van der Waals surface area contributed by atoms with E-state index < -0.39 is 0 Å². The number of allylic oxidation sites excluding steroid dienone is 1. The van der Waals surface area contributed by atoms with E-state index in [-0.39, 0.29) is 5.41 Å². The molecule has 3 aliphatic carbocycles. The normalized spacial score (nSPS) is 31.1. The van der Waals surface area contributed by atoms with Crippen LogP contribution in [0.3, 0.4) is 0 Å². The van der Waals surface area contributed by atoms with Crippen molar-refractivity contribution in [3.8, 4) is 11.5 Å². The first kappa shape index (κ1) is 19.4. The van der Waals surface area contributed by atoms with Crippen LogP contribution in [0.25, 0.3) is 6.08 Å². The minimum atomic E-state index is -0.205. The van der Waals surface area contributed by atoms with Crippen LogP contribution < -0.4 is 9.47 Å². The molecule has 0 amide bonds. The van der Waals surface area contributed by atoms with Crippen molar-refractivity contribution < 1.29 is 14.3 Å². The number of aryl methyl sites for hydroxylation is 1. The van der Waals surface area contributed by atoms with Crippen molar-refractivity contribution in [2.45, 2.75) is 44.9 Å². The van der Waals surface area contributed by atoms with E-state index in [0.717, 1.165) is 48.3 Å². The van der Waals surface area contributed by atoms with Gasteiger partial charge in [0.25, 0.3) is 0 Å². The Bertz CT molecular complexity index is 1000. The third-order valence-corrected chi connectivity index (χ3v) is 8.03. The maximum atomic E-state index is 13.5. The standard InChI is InChI=1S/C27H30O3/c1-27-13-12-23-22-11-9-21(30-3)15-18(22)6-10-24(23)25(27)16-19(26(27)28)14-17-4-7-20(29-2)8-5-17/h4-5,7-9,11,14-15,23-25H,6,10,12-13,16H2,1-3H3/b19-14+/t23-,24+,25+,27-/m1/s1. The summed E-state index contributed by atoms with van der Waals surface area (Å²) >= 11 is 0. The second-order valence-corrected chi connectivity index (χ2v) is 9.41. The molecule has 0 unspecified atom stereocenters. The number of ketones is 1. The fraction of sp³-hybridized carbons (Fsp3) is 0.444. The van der Waals surface area contributed by atoms with E-state index in [1.165, 1.54) is 17.5 Å². The predicted octanol–water partition coefficient (Wildman–Crippen LogP) is 5.82. The Hall–Kier alpha value is -2.55. The number of carbonyl (C=O) groups is 1. The molecule has 156 valence electrons. The number of rotatable bonds is 3. The molecule has 0 N–H and O–H groups in total. The quantitative estimate of drug-likeness (QED) is 0.607. The first-order valence-electron chi connectivity index (χ1n) is 11.1. The lowest BCUT2D eigenvalue weighted by molar-refractivity contribution is -0.127. The van der Waals surface area contributed by atoms with E-state index in [4.69, 9.17) is 9.47 Å². The minimum Gasteiger partial charge on any atom is -0.497 e. The van der Waals surface area contributed by atoms with Crippen LogP contribution in [0.4, 0.5) is 0 Å². The van der Waals surface area contributed by atoms with Gasteiger partial charge in [-0.15, -0.1) is 0 Å². The molecule has 0 radical (unpaired) electrons. The van der Waals surface area contributed by atoms with Gasteiger partial charge in [0.1, 0.15) is 11.5 Å². The Labute approximate surface area is 179 Å². The molecule has 3 aliphatic rings. The van der Waals surface area contributed by atoms with Gasteiger partial charge in [-0.2, -0.15) is 0 Å². The average molecular weight is 403 g/mol. The van der Waals surface area contributed by atoms with Crippen LogP contribution in [0.2, 0.25) is 0 Å². The first-order chi connectivity index (χ1) is 14.5. The molecular weight excluding hydrogens is 372 g/mol. The summed E-state index contributed by atoms with van der Waals surface area (Å²) in [5, 5.41) is 0. The van der Waals surface area contributed by atoms with Crippen molar-refractivity contribution in [2.24, 2.45) is 17.3 Å². The molecule has 0 spiro atoms. The lowest BCUT2D eigenvalue weighted by Crippen LogP contribution is -2.42. The van der Waals surface area contributed by atoms with E-state index in [1.54, 1.807) is 14.2 Å². The zero-order valence-electron chi connectivity index (χ0n) is 18.1. The lowest BCUT2D eigenvalue weighted by Gasteiger charge is -2.48. The number of Topliss-reactive ketones (excluding diaryl/α,β-unsaturated/α-hetero) is 1. The van der Waals surface area contributed by atoms with E-state index in [9.17, 15) is 4.79 Å². The largest absolute Gasteiger partial charge is 0.497 e. The summed E-state index contributed by atoms with van der Waals surface area (Å²) < 4.78 is 10.7. The van der Waals surface area contributed by atoms with Crippen LogP contribution in [-0.2, 0) is 11.2 Å². The fourth-order valence-corrected chi connectivity index (χ4v) is 6.39. The van der Waals surface area contributed by atoms with Crippen molar-refractivity contribution in [1.82, 2.24) is 0 Å². The number of benzene rings is 2. The highest BCUT2D eigenvalue weighted by Gasteiger charge is 2.56. The number of hydrogen-bond acceptors (Lipinski definition) is 3. The van der Waals surface area contributed by atoms with Crippen molar-refractivity contribution >= 4 is 11.9 Å². The molecule has 3 heteroatoms. The fourth-order valence-electron chi connectivity index (χ4n) is 6.39. The molecule has 2 aromatic rings. The Balaban J connectivity index is 1.45. The molecule has 2 aromatic carbocycles. The Morgan fingerprint density at radius 1 is 1.00 bits per heavy atom. The monoisotopic (exact) mass is 402 g/mol. The second-order valence-electron chi connectivity index (χ2n) is 9.41. The van der Waals surface area contributed by atoms with E-state index in [2.05, 4.69) is 31.2 Å². The van der Waals surface area contributed by atoms with Crippen LogP contribution >= 0.6 is 0 Å². The molecule has 30 heavy (non-hydrogen) atoms. The van der Waals surface area contributed by atoms with E-state index in [1.807, 2.05) is 24.3 Å². The number of methoxy groups -OCH3 is 2. The SMILES string of the molecule is COc1ccc(/C=C2\C[C@H]3[C@H]4CCc5cc(OC)ccc5[C@H]4CC[C@@]3(C)C2=O)cc1. The number of hydrogen-bond donors (Lipinski definition) is 0. The summed E-state index contributed by atoms with van der Waals surface area (Å²) in [7, 11) is 3.41. The van der Waals surface area contributed by atoms with Gasteiger partial charge >= 0.3 is 0 Å². The van der Waals surface area contributed by atoms with Crippen LogP contribution in [0.1, 0.15) is 55.2 Å². The lowest BCUT2D eigenvalue weighted by atomic mass is 9.55. The number of fused-ring (bicyclic) bond motifs is 5. The summed E-state index contributed by atoms with van der Waals surface area (Å²) in [6.07, 6.45) is 7.39. The third kappa shape index (κ3) is 2.98. The molecule has 0 saturated heterocycles. The van der Waals surface area contributed by atoms with Crippen LogP contribution in [0.5, 0.6) is 11.5 Å². The van der Waals surface area contributed by atoms with Crippen molar-refractivity contribution in [3.63, 3.8) is 0 Å². The highest BCUT2D eigenvalue weighted by atomic mass is 16.5. The van der Waals surface area contributed by atoms with Gasteiger partial charge in [-0.05, 0) is 102 Å². The summed E-state index contributed by atoms with van der Waals surface area (Å²) in [5.41, 5.74) is 4.82. The molecular formula is C27H30O3. The Morgan fingerprint density at radius 3 is 2.47 bits per heavy atom. The second kappa shape index (κ2) is 7.30. The summed E-state index contributed by atoms with van der Waals surface area (Å²) in [4.78, 5) is 13.5. The van der Waals surface area contributed by atoms with Gasteiger partial charge in [0, 0.05) is 5.41 Å². The van der Waals surface area contributed by atoms with Gasteiger partial charge in [-0.25, -0.2) is 0 Å². The smallest absolute Gasteiger partial charge is 0.165 e. The zero-order chi connectivity index (χ0) is 20.9. The Morgan fingerprint density at radius 2 is 1.73 bits per heavy atom. The highest BCUT2D eigenvalue weighted by Crippen LogP contribution is 2.60. The summed E-state index contributed by atoms with van der Waals surface area (Å²) in [5.74, 6) is 3.79. The third-order valence-electron chi connectivity index (χ3n) is 8.03. The van der Waals surface area contributed by atoms with E-state index >= 15 is 0 Å². The summed E-state index contributed by atoms with van der Waals surface area (Å²) in [6.45, 7) is 2.23. The molecule has 2 saturated carbocycles. The molecule has 0 aliphatic heterocycles. The molecule has 0 heterocycles. The van der Waals surface area contributed by atoms with Gasteiger partial charge < -0.3 is 9.47 Å². The van der Waals surface area contributed by atoms with Crippen LogP contribution in [-0.4, -0.2) is 20.0 Å². The Kier molecular flexibility index (Phi) is 4.72. The summed E-state index contributed by atoms with van der Waals surface area (Å²) in [6, 6.07) is 14.6. The van der Waals surface area contributed by atoms with Gasteiger partial charge in [0.2, 0.25) is 0 Å². The van der Waals surface area contributed by atoms with Gasteiger partial charge in [0.15, 0.2) is 5.78 Å². The average Bonchev–Trinajstić information content (AvgIpc) is 3.04. The van der Waals surface area contributed by atoms with Gasteiger partial charge in [-0.3, -0.25) is 4.79 Å². The topological polar surface area (TPSA) is 35.5 Å². The molecule has 0 bridgehead atoms. The minimum absolute atomic E-state index is 0.205. The first-order valence-corrected chi connectivity index (χ1v) is 11.1. The number of ether oxygens (including phenoxy) is 2. The maximum absolute atomic E-state index is 13.5. The van der Waals surface area contributed by atoms with Crippen LogP contribution in [0, 0.1) is 17.3 Å². The molecule has 4 atom stereocenters. The highest BCUT2D eigenvalue weighted by molar-refractivity contribution is 6.06. The molecule has 2 fully saturated rings. The predicted molar refractivity (Wildman–Crippen MR) is 119 cm³/mol. The van der Waals surface area contributed by atoms with Crippen LogP contribution in [0.15, 0.2) is 48.0 Å². The molecule has 5 rings (SSSR count). The van der Waals surface area contributed by atoms with Crippen molar-refractivity contribution in [3.05, 3.63) is 64.7 Å². The van der Waals surface area contributed by atoms with Gasteiger partial charge in [0.05, 0.1) is 14.2 Å². The molecule has 0 aromatic heterocycles. The van der Waals surface area contributed by atoms with Crippen molar-refractivity contribution in [2.75, 3.05) is 14.2 Å². The number of carbonyl (C=O) groups excluding carboxylic acids is 1. The molecule has 3 nitrogen and oxygen atoms in total. The van der Waals surface area contributed by atoms with E-state index in [0.29, 0.717) is 23.5 Å². The van der Waals surface area contributed by atoms with Gasteiger partial charge in [-0.1, -0.05) is 25.1 Å².